The van der Waals surface area contributed by atoms with Crippen LogP contribution in [0.3, 0.4) is 0 Å². The first-order chi connectivity index (χ1) is 12.1. The Morgan fingerprint density at radius 3 is 2.65 bits per heavy atom. The van der Waals surface area contributed by atoms with E-state index in [1.54, 1.807) is 18.2 Å². The molecule has 0 heterocycles. The predicted molar refractivity (Wildman–Crippen MR) is 113 cm³/mol. The lowest BCUT2D eigenvalue weighted by molar-refractivity contribution is 0.370. The minimum Gasteiger partial charge on any atom is -0.504 e. The molecule has 2 rings (SSSR count). The van der Waals surface area contributed by atoms with Crippen LogP contribution in [0.5, 0.6) is 11.5 Å². The lowest BCUT2D eigenvalue weighted by Crippen LogP contribution is -2.38. The zero-order chi connectivity index (χ0) is 18.1. The van der Waals surface area contributed by atoms with Crippen molar-refractivity contribution in [1.82, 2.24) is 10.6 Å². The first kappa shape index (κ1) is 22.0. The topological polar surface area (TPSA) is 65.9 Å². The van der Waals surface area contributed by atoms with Crippen LogP contribution in [0, 0.1) is 5.82 Å². The third-order valence-corrected chi connectivity index (χ3v) is 3.65. The van der Waals surface area contributed by atoms with Gasteiger partial charge >= 0.3 is 0 Å². The van der Waals surface area contributed by atoms with Crippen LogP contribution in [0.4, 0.5) is 4.39 Å². The zero-order valence-corrected chi connectivity index (χ0v) is 17.3. The molecular weight excluding hydrogens is 448 g/mol. The Balaban J connectivity index is 0.00000338. The summed E-state index contributed by atoms with van der Waals surface area (Å²) in [5, 5.41) is 16.5. The van der Waals surface area contributed by atoms with Crippen molar-refractivity contribution < 1.29 is 14.2 Å². The number of guanidine groups is 1. The van der Waals surface area contributed by atoms with Gasteiger partial charge in [0.15, 0.2) is 17.5 Å². The van der Waals surface area contributed by atoms with Gasteiger partial charge in [0.1, 0.15) is 5.82 Å². The third-order valence-electron chi connectivity index (χ3n) is 3.65. The normalized spacial score (nSPS) is 10.8. The summed E-state index contributed by atoms with van der Waals surface area (Å²) in [6.07, 6.45) is 0.687. The Labute approximate surface area is 170 Å². The molecule has 0 saturated carbocycles. The Bertz CT molecular complexity index is 726. The number of aromatic hydroxyl groups is 1. The first-order valence-corrected chi connectivity index (χ1v) is 8.25. The number of phenolic OH excluding ortho intramolecular Hbond substituents is 1. The minimum absolute atomic E-state index is 0. The van der Waals surface area contributed by atoms with E-state index in [1.807, 2.05) is 19.1 Å². The standard InChI is InChI=1S/C19H24FN3O2.HI/c1-3-21-19(22-11-10-14-6-4-8-16(20)12-14)23-13-15-7-5-9-17(25-2)18(15)24;/h4-9,12,24H,3,10-11,13H2,1-2H3,(H2,21,22,23);1H. The number of ether oxygens (including phenoxy) is 1. The van der Waals surface area contributed by atoms with Gasteiger partial charge in [-0.2, -0.15) is 0 Å². The van der Waals surface area contributed by atoms with Crippen molar-refractivity contribution in [1.29, 1.82) is 0 Å². The number of nitrogens with zero attached hydrogens (tertiary/aromatic N) is 1. The number of rotatable bonds is 7. The molecule has 0 radical (unpaired) electrons. The van der Waals surface area contributed by atoms with Gasteiger partial charge in [-0.3, -0.25) is 0 Å². The zero-order valence-electron chi connectivity index (χ0n) is 15.0. The molecular formula is C19H25FIN3O2. The van der Waals surface area contributed by atoms with E-state index in [0.29, 0.717) is 36.8 Å². The molecule has 5 nitrogen and oxygen atoms in total. The number of hydrogen-bond acceptors (Lipinski definition) is 3. The van der Waals surface area contributed by atoms with E-state index in [4.69, 9.17) is 4.74 Å². The highest BCUT2D eigenvalue weighted by Crippen LogP contribution is 2.29. The summed E-state index contributed by atoms with van der Waals surface area (Å²) in [5.74, 6) is 0.939. The lowest BCUT2D eigenvalue weighted by Gasteiger charge is -2.12. The smallest absolute Gasteiger partial charge is 0.191 e. The summed E-state index contributed by atoms with van der Waals surface area (Å²) < 4.78 is 18.3. The molecule has 0 spiro atoms. The molecule has 0 aliphatic heterocycles. The van der Waals surface area contributed by atoms with Crippen molar-refractivity contribution in [2.75, 3.05) is 20.2 Å². The Morgan fingerprint density at radius 1 is 1.19 bits per heavy atom. The predicted octanol–water partition coefficient (Wildman–Crippen LogP) is 3.46. The van der Waals surface area contributed by atoms with Crippen LogP contribution < -0.4 is 15.4 Å². The molecule has 26 heavy (non-hydrogen) atoms. The highest BCUT2D eigenvalue weighted by Gasteiger charge is 2.07. The van der Waals surface area contributed by atoms with Gasteiger partial charge in [0.2, 0.25) is 0 Å². The van der Waals surface area contributed by atoms with Crippen molar-refractivity contribution in [2.45, 2.75) is 19.9 Å². The highest BCUT2D eigenvalue weighted by atomic mass is 127. The molecule has 2 aromatic rings. The average molecular weight is 473 g/mol. The van der Waals surface area contributed by atoms with Crippen LogP contribution in [0.2, 0.25) is 0 Å². The number of aliphatic imine (C=N–C) groups is 1. The fourth-order valence-electron chi connectivity index (χ4n) is 2.38. The second-order valence-electron chi connectivity index (χ2n) is 5.47. The number of para-hydroxylation sites is 1. The maximum Gasteiger partial charge on any atom is 0.191 e. The molecule has 3 N–H and O–H groups in total. The van der Waals surface area contributed by atoms with Gasteiger partial charge in [-0.25, -0.2) is 9.38 Å². The third kappa shape index (κ3) is 6.70. The van der Waals surface area contributed by atoms with E-state index in [-0.39, 0.29) is 35.5 Å². The van der Waals surface area contributed by atoms with Gasteiger partial charge in [0, 0.05) is 18.7 Å². The molecule has 2 aromatic carbocycles. The SMILES string of the molecule is CCNC(=NCc1cccc(OC)c1O)NCCc1cccc(F)c1.I. The quantitative estimate of drug-likeness (QED) is 0.328. The average Bonchev–Trinajstić information content (AvgIpc) is 2.61. The van der Waals surface area contributed by atoms with Crippen LogP contribution in [-0.2, 0) is 13.0 Å². The van der Waals surface area contributed by atoms with Gasteiger partial charge < -0.3 is 20.5 Å². The molecule has 0 bridgehead atoms. The highest BCUT2D eigenvalue weighted by molar-refractivity contribution is 14.0. The van der Waals surface area contributed by atoms with Gasteiger partial charge in [-0.1, -0.05) is 24.3 Å². The Kier molecular flexibility index (Phi) is 9.79. The van der Waals surface area contributed by atoms with Crippen molar-refractivity contribution in [3.63, 3.8) is 0 Å². The number of hydrogen-bond donors (Lipinski definition) is 3. The molecule has 0 saturated heterocycles. The first-order valence-electron chi connectivity index (χ1n) is 8.25. The van der Waals surface area contributed by atoms with Gasteiger partial charge in [0.25, 0.3) is 0 Å². The number of methoxy groups -OCH3 is 1. The van der Waals surface area contributed by atoms with Crippen LogP contribution in [0.1, 0.15) is 18.1 Å². The van der Waals surface area contributed by atoms with E-state index in [2.05, 4.69) is 15.6 Å². The maximum absolute atomic E-state index is 13.2. The molecule has 0 aliphatic rings. The largest absolute Gasteiger partial charge is 0.504 e. The lowest BCUT2D eigenvalue weighted by atomic mass is 10.1. The van der Waals surface area contributed by atoms with Crippen molar-refractivity contribution in [3.8, 4) is 11.5 Å². The molecule has 0 aromatic heterocycles. The van der Waals surface area contributed by atoms with Crippen LogP contribution in [-0.4, -0.2) is 31.3 Å². The fourth-order valence-corrected chi connectivity index (χ4v) is 2.38. The van der Waals surface area contributed by atoms with E-state index < -0.39 is 0 Å². The van der Waals surface area contributed by atoms with Crippen LogP contribution >= 0.6 is 24.0 Å². The molecule has 142 valence electrons. The fraction of sp³-hybridized carbons (Fsp3) is 0.316. The molecule has 7 heteroatoms. The van der Waals surface area contributed by atoms with Crippen LogP contribution in [0.15, 0.2) is 47.5 Å². The monoisotopic (exact) mass is 473 g/mol. The molecule has 0 fully saturated rings. The summed E-state index contributed by atoms with van der Waals surface area (Å²) in [5.41, 5.74) is 1.61. The summed E-state index contributed by atoms with van der Waals surface area (Å²) >= 11 is 0. The minimum atomic E-state index is -0.230. The second kappa shape index (κ2) is 11.6. The number of benzene rings is 2. The molecule has 0 amide bonds. The molecule has 0 aliphatic carbocycles. The number of halogens is 2. The summed E-state index contributed by atoms with van der Waals surface area (Å²) in [7, 11) is 1.51. The Hall–Kier alpha value is -2.03. The summed E-state index contributed by atoms with van der Waals surface area (Å²) in [4.78, 5) is 4.47. The summed E-state index contributed by atoms with van der Waals surface area (Å²) in [6, 6.07) is 11.9. The summed E-state index contributed by atoms with van der Waals surface area (Å²) in [6.45, 7) is 3.64. The van der Waals surface area contributed by atoms with E-state index in [0.717, 1.165) is 12.1 Å². The van der Waals surface area contributed by atoms with E-state index in [9.17, 15) is 9.50 Å². The maximum atomic E-state index is 13.2. The molecule has 0 atom stereocenters. The van der Waals surface area contributed by atoms with Gasteiger partial charge in [0.05, 0.1) is 13.7 Å². The van der Waals surface area contributed by atoms with Crippen molar-refractivity contribution in [3.05, 3.63) is 59.4 Å². The second-order valence-corrected chi connectivity index (χ2v) is 5.47. The van der Waals surface area contributed by atoms with E-state index >= 15 is 0 Å². The van der Waals surface area contributed by atoms with Crippen molar-refractivity contribution >= 4 is 29.9 Å². The van der Waals surface area contributed by atoms with Gasteiger partial charge in [-0.05, 0) is 37.1 Å². The van der Waals surface area contributed by atoms with Gasteiger partial charge in [-0.15, -0.1) is 24.0 Å². The number of nitrogens with one attached hydrogen (secondary N) is 2. The van der Waals surface area contributed by atoms with E-state index in [1.165, 1.54) is 19.2 Å². The van der Waals surface area contributed by atoms with Crippen molar-refractivity contribution in [2.24, 2.45) is 4.99 Å². The number of phenols is 1. The molecule has 0 unspecified atom stereocenters. The van der Waals surface area contributed by atoms with Crippen LogP contribution in [0.25, 0.3) is 0 Å². The Morgan fingerprint density at radius 2 is 1.96 bits per heavy atom.